The SMILES string of the molecule is CNS(=O)(=O)c1ccc(N(C)C(C)CSC)c(N)c1. The second-order valence-electron chi connectivity index (χ2n) is 4.34. The lowest BCUT2D eigenvalue weighted by atomic mass is 10.2. The summed E-state index contributed by atoms with van der Waals surface area (Å²) in [6, 6.07) is 5.13. The number of sulfonamides is 1. The van der Waals surface area contributed by atoms with Crippen molar-refractivity contribution in [2.75, 3.05) is 36.7 Å². The fraction of sp³-hybridized carbons (Fsp3) is 0.500. The zero-order valence-corrected chi connectivity index (χ0v) is 13.3. The molecule has 0 aliphatic carbocycles. The molecule has 0 radical (unpaired) electrons. The predicted molar refractivity (Wildman–Crippen MR) is 83.3 cm³/mol. The van der Waals surface area contributed by atoms with E-state index in [-0.39, 0.29) is 4.90 Å². The highest BCUT2D eigenvalue weighted by Gasteiger charge is 2.16. The van der Waals surface area contributed by atoms with E-state index >= 15 is 0 Å². The van der Waals surface area contributed by atoms with E-state index in [1.165, 1.54) is 13.1 Å². The average Bonchev–Trinajstić information content (AvgIpc) is 2.38. The van der Waals surface area contributed by atoms with Gasteiger partial charge in [0.2, 0.25) is 10.0 Å². The molecule has 0 heterocycles. The van der Waals surface area contributed by atoms with Gasteiger partial charge in [-0.15, -0.1) is 0 Å². The van der Waals surface area contributed by atoms with Crippen LogP contribution in [0.1, 0.15) is 6.92 Å². The summed E-state index contributed by atoms with van der Waals surface area (Å²) < 4.78 is 25.7. The number of nitrogens with two attached hydrogens (primary N) is 1. The average molecular weight is 303 g/mol. The second kappa shape index (κ2) is 6.49. The molecule has 1 aromatic carbocycles. The Labute approximate surface area is 119 Å². The number of rotatable bonds is 6. The number of hydrogen-bond acceptors (Lipinski definition) is 5. The van der Waals surface area contributed by atoms with Gasteiger partial charge in [-0.05, 0) is 38.4 Å². The number of nitrogen functional groups attached to an aromatic ring is 1. The van der Waals surface area contributed by atoms with Gasteiger partial charge in [-0.2, -0.15) is 11.8 Å². The fourth-order valence-electron chi connectivity index (χ4n) is 1.73. The van der Waals surface area contributed by atoms with Crippen LogP contribution in [0.3, 0.4) is 0 Å². The van der Waals surface area contributed by atoms with E-state index in [9.17, 15) is 8.42 Å². The van der Waals surface area contributed by atoms with Gasteiger partial charge >= 0.3 is 0 Å². The molecule has 0 fully saturated rings. The van der Waals surface area contributed by atoms with Crippen LogP contribution in [-0.2, 0) is 10.0 Å². The third-order valence-electron chi connectivity index (χ3n) is 3.03. The smallest absolute Gasteiger partial charge is 0.240 e. The zero-order chi connectivity index (χ0) is 14.6. The number of thioether (sulfide) groups is 1. The predicted octanol–water partition coefficient (Wildman–Crippen LogP) is 1.36. The number of benzene rings is 1. The first-order valence-electron chi connectivity index (χ1n) is 5.88. The first kappa shape index (κ1) is 16.1. The van der Waals surface area contributed by atoms with Crippen LogP contribution < -0.4 is 15.4 Å². The quantitative estimate of drug-likeness (QED) is 0.776. The minimum atomic E-state index is -3.45. The van der Waals surface area contributed by atoms with Crippen molar-refractivity contribution in [3.63, 3.8) is 0 Å². The van der Waals surface area contributed by atoms with Crippen molar-refractivity contribution in [2.24, 2.45) is 0 Å². The van der Waals surface area contributed by atoms with Crippen molar-refractivity contribution in [3.8, 4) is 0 Å². The van der Waals surface area contributed by atoms with Gasteiger partial charge in [0.1, 0.15) is 0 Å². The molecule has 0 spiro atoms. The van der Waals surface area contributed by atoms with E-state index in [0.717, 1.165) is 11.4 Å². The highest BCUT2D eigenvalue weighted by Crippen LogP contribution is 2.27. The summed E-state index contributed by atoms with van der Waals surface area (Å²) >= 11 is 1.76. The molecule has 5 nitrogen and oxygen atoms in total. The molecule has 19 heavy (non-hydrogen) atoms. The lowest BCUT2D eigenvalue weighted by Gasteiger charge is -2.27. The maximum absolute atomic E-state index is 11.7. The molecule has 0 saturated carbocycles. The Balaban J connectivity index is 3.08. The van der Waals surface area contributed by atoms with Gasteiger partial charge in [0.25, 0.3) is 0 Å². The molecule has 1 atom stereocenters. The van der Waals surface area contributed by atoms with Crippen molar-refractivity contribution in [2.45, 2.75) is 17.9 Å². The van der Waals surface area contributed by atoms with Crippen molar-refractivity contribution in [1.29, 1.82) is 0 Å². The van der Waals surface area contributed by atoms with Crippen LogP contribution >= 0.6 is 11.8 Å². The van der Waals surface area contributed by atoms with Crippen LogP contribution in [0.2, 0.25) is 0 Å². The molecule has 0 aliphatic heterocycles. The van der Waals surface area contributed by atoms with E-state index in [4.69, 9.17) is 5.73 Å². The standard InChI is InChI=1S/C12H21N3O2S2/c1-9(8-18-4)15(3)12-6-5-10(7-11(12)13)19(16,17)14-2/h5-7,9,14H,8,13H2,1-4H3. The van der Waals surface area contributed by atoms with E-state index < -0.39 is 10.0 Å². The molecule has 1 rings (SSSR count). The number of anilines is 2. The van der Waals surface area contributed by atoms with E-state index in [1.807, 2.05) is 7.05 Å². The Kier molecular flexibility index (Phi) is 5.51. The topological polar surface area (TPSA) is 75.4 Å². The third-order valence-corrected chi connectivity index (χ3v) is 5.25. The van der Waals surface area contributed by atoms with Gasteiger partial charge in [-0.25, -0.2) is 13.1 Å². The molecule has 1 unspecified atom stereocenters. The molecule has 0 saturated heterocycles. The van der Waals surface area contributed by atoms with Gasteiger partial charge in [-0.3, -0.25) is 0 Å². The van der Waals surface area contributed by atoms with Gasteiger partial charge in [0.15, 0.2) is 0 Å². The summed E-state index contributed by atoms with van der Waals surface area (Å²) in [6.07, 6.45) is 2.05. The molecule has 3 N–H and O–H groups in total. The Hall–Kier alpha value is -0.920. The highest BCUT2D eigenvalue weighted by atomic mass is 32.2. The summed E-state index contributed by atoms with van der Waals surface area (Å²) in [4.78, 5) is 2.24. The summed E-state index contributed by atoms with van der Waals surface area (Å²) in [7, 11) is -0.108. The van der Waals surface area contributed by atoms with Crippen molar-refractivity contribution in [3.05, 3.63) is 18.2 Å². The molecule has 0 aliphatic rings. The molecule has 7 heteroatoms. The molecule has 0 amide bonds. The summed E-state index contributed by atoms with van der Waals surface area (Å²) in [6.45, 7) is 2.11. The summed E-state index contributed by atoms with van der Waals surface area (Å²) in [5.74, 6) is 0.979. The molecule has 1 aromatic rings. The lowest BCUT2D eigenvalue weighted by Crippen LogP contribution is -2.31. The Bertz CT molecular complexity index is 532. The Morgan fingerprint density at radius 1 is 1.47 bits per heavy atom. The summed E-state index contributed by atoms with van der Waals surface area (Å²) in [5.41, 5.74) is 7.28. The molecule has 108 valence electrons. The van der Waals surface area contributed by atoms with Crippen LogP contribution in [0, 0.1) is 0 Å². The number of nitrogens with one attached hydrogen (secondary N) is 1. The molecular formula is C12H21N3O2S2. The van der Waals surface area contributed by atoms with E-state index in [0.29, 0.717) is 11.7 Å². The third kappa shape index (κ3) is 3.77. The fourth-order valence-corrected chi connectivity index (χ4v) is 3.20. The zero-order valence-electron chi connectivity index (χ0n) is 11.7. The van der Waals surface area contributed by atoms with Gasteiger partial charge in [0, 0.05) is 18.8 Å². The molecule has 0 bridgehead atoms. The first-order chi connectivity index (χ1) is 8.83. The minimum absolute atomic E-state index is 0.183. The van der Waals surface area contributed by atoms with Crippen LogP contribution in [0.25, 0.3) is 0 Å². The van der Waals surface area contributed by atoms with Crippen LogP contribution in [-0.4, -0.2) is 40.6 Å². The molecular weight excluding hydrogens is 282 g/mol. The normalized spacial score (nSPS) is 13.3. The van der Waals surface area contributed by atoms with Gasteiger partial charge in [0.05, 0.1) is 16.3 Å². The van der Waals surface area contributed by atoms with Crippen molar-refractivity contribution >= 4 is 33.2 Å². The van der Waals surface area contributed by atoms with Crippen molar-refractivity contribution in [1.82, 2.24) is 4.72 Å². The Morgan fingerprint density at radius 2 is 2.11 bits per heavy atom. The minimum Gasteiger partial charge on any atom is -0.397 e. The van der Waals surface area contributed by atoms with Crippen molar-refractivity contribution < 1.29 is 8.42 Å². The maximum Gasteiger partial charge on any atom is 0.240 e. The van der Waals surface area contributed by atoms with Crippen LogP contribution in [0.4, 0.5) is 11.4 Å². The van der Waals surface area contributed by atoms with Crippen LogP contribution in [0.15, 0.2) is 23.1 Å². The lowest BCUT2D eigenvalue weighted by molar-refractivity contribution is 0.588. The number of hydrogen-bond donors (Lipinski definition) is 2. The number of nitrogens with zero attached hydrogens (tertiary/aromatic N) is 1. The summed E-state index contributed by atoms with van der Waals surface area (Å²) in [5, 5.41) is 0. The Morgan fingerprint density at radius 3 is 2.58 bits per heavy atom. The molecule has 0 aromatic heterocycles. The maximum atomic E-state index is 11.7. The first-order valence-corrected chi connectivity index (χ1v) is 8.76. The van der Waals surface area contributed by atoms with Gasteiger partial charge < -0.3 is 10.6 Å². The van der Waals surface area contributed by atoms with Gasteiger partial charge in [-0.1, -0.05) is 0 Å². The second-order valence-corrected chi connectivity index (χ2v) is 7.14. The van der Waals surface area contributed by atoms with E-state index in [2.05, 4.69) is 22.8 Å². The van der Waals surface area contributed by atoms with Crippen LogP contribution in [0.5, 0.6) is 0 Å². The largest absolute Gasteiger partial charge is 0.397 e. The van der Waals surface area contributed by atoms with E-state index in [1.54, 1.807) is 23.9 Å². The monoisotopic (exact) mass is 303 g/mol. The highest BCUT2D eigenvalue weighted by molar-refractivity contribution is 7.98.